The van der Waals surface area contributed by atoms with Gasteiger partial charge in [-0.3, -0.25) is 4.79 Å². The summed E-state index contributed by atoms with van der Waals surface area (Å²) in [6.45, 7) is 1.81. The number of hydrogen-bond acceptors (Lipinski definition) is 7. The number of nitrogens with one attached hydrogen (secondary N) is 2. The number of nitrogens with zero attached hydrogens (tertiary/aromatic N) is 3. The zero-order valence-electron chi connectivity index (χ0n) is 18.4. The molecule has 9 nitrogen and oxygen atoms in total. The molecule has 2 aromatic carbocycles. The van der Waals surface area contributed by atoms with Crippen molar-refractivity contribution >= 4 is 38.7 Å². The molecule has 0 saturated carbocycles. The lowest BCUT2D eigenvalue weighted by molar-refractivity contribution is -0.115. The Bertz CT molecular complexity index is 1430. The maximum Gasteiger partial charge on any atom is 0.247 e. The number of carbonyl (C=O) groups is 1. The average molecular weight is 466 g/mol. The number of aromatic nitrogens is 3. The molecule has 0 atom stereocenters. The van der Waals surface area contributed by atoms with Crippen LogP contribution in [0, 0.1) is 0 Å². The minimum absolute atomic E-state index is 0.0330. The number of anilines is 3. The van der Waals surface area contributed by atoms with Gasteiger partial charge in [0.15, 0.2) is 15.5 Å². The minimum atomic E-state index is -3.35. The number of fused-ring (bicyclic) bond motifs is 1. The van der Waals surface area contributed by atoms with Gasteiger partial charge in [-0.1, -0.05) is 19.1 Å². The number of rotatable bonds is 7. The number of pyridine rings is 1. The Morgan fingerprint density at radius 2 is 1.79 bits per heavy atom. The van der Waals surface area contributed by atoms with E-state index in [2.05, 4.69) is 20.7 Å². The molecule has 0 aliphatic carbocycles. The van der Waals surface area contributed by atoms with Gasteiger partial charge in [-0.2, -0.15) is 4.98 Å². The zero-order valence-corrected chi connectivity index (χ0v) is 19.2. The second kappa shape index (κ2) is 8.91. The van der Waals surface area contributed by atoms with Crippen LogP contribution >= 0.6 is 0 Å². The highest BCUT2D eigenvalue weighted by Gasteiger charge is 2.13. The molecule has 33 heavy (non-hydrogen) atoms. The zero-order chi connectivity index (χ0) is 23.6. The first-order chi connectivity index (χ1) is 15.8. The Labute approximate surface area is 191 Å². The van der Waals surface area contributed by atoms with Gasteiger partial charge >= 0.3 is 0 Å². The van der Waals surface area contributed by atoms with Gasteiger partial charge in [0.2, 0.25) is 11.9 Å². The van der Waals surface area contributed by atoms with Crippen molar-refractivity contribution in [3.05, 3.63) is 60.8 Å². The maximum absolute atomic E-state index is 11.8. The first-order valence-electron chi connectivity index (χ1n) is 10.2. The number of methoxy groups -OCH3 is 1. The van der Waals surface area contributed by atoms with E-state index in [1.807, 2.05) is 42.6 Å². The second-order valence-corrected chi connectivity index (χ2v) is 9.41. The Balaban J connectivity index is 1.58. The number of hydrogen-bond donors (Lipinski definition) is 2. The molecule has 10 heteroatoms. The van der Waals surface area contributed by atoms with Gasteiger partial charge in [-0.05, 0) is 42.0 Å². The molecule has 0 fully saturated rings. The number of carbonyl (C=O) groups excluding carboxylic acids is 1. The van der Waals surface area contributed by atoms with Crippen LogP contribution in [0.25, 0.3) is 16.8 Å². The molecular formula is C23H23N5O4S. The van der Waals surface area contributed by atoms with Crippen molar-refractivity contribution in [1.82, 2.24) is 14.6 Å². The van der Waals surface area contributed by atoms with Crippen LogP contribution in [0.5, 0.6) is 5.75 Å². The van der Waals surface area contributed by atoms with Crippen LogP contribution in [0.3, 0.4) is 0 Å². The third-order valence-corrected chi connectivity index (χ3v) is 6.11. The summed E-state index contributed by atoms with van der Waals surface area (Å²) >= 11 is 0. The highest BCUT2D eigenvalue weighted by atomic mass is 32.2. The van der Waals surface area contributed by atoms with Gasteiger partial charge in [-0.25, -0.2) is 12.9 Å². The van der Waals surface area contributed by atoms with E-state index in [1.54, 1.807) is 17.5 Å². The van der Waals surface area contributed by atoms with Crippen LogP contribution in [0.4, 0.5) is 17.3 Å². The normalized spacial score (nSPS) is 11.4. The fraction of sp³-hybridized carbons (Fsp3) is 0.174. The first-order valence-corrected chi connectivity index (χ1v) is 12.1. The predicted molar refractivity (Wildman–Crippen MR) is 127 cm³/mol. The molecule has 4 aromatic rings. The lowest BCUT2D eigenvalue weighted by atomic mass is 10.1. The maximum atomic E-state index is 11.8. The van der Waals surface area contributed by atoms with E-state index in [-0.39, 0.29) is 10.8 Å². The summed E-state index contributed by atoms with van der Waals surface area (Å²) in [7, 11) is -1.88. The molecule has 1 amide bonds. The van der Waals surface area contributed by atoms with Crippen molar-refractivity contribution in [1.29, 1.82) is 0 Å². The van der Waals surface area contributed by atoms with Gasteiger partial charge in [0.05, 0.1) is 17.7 Å². The van der Waals surface area contributed by atoms with E-state index < -0.39 is 9.84 Å². The SMILES string of the molecule is CCC(=O)Nc1ccc(-c2ccc3nc(Nc4ccc(S(C)(=O)=O)cc4OC)nn3c2)cc1. The lowest BCUT2D eigenvalue weighted by Gasteiger charge is -2.10. The van der Waals surface area contributed by atoms with Gasteiger partial charge in [0.25, 0.3) is 0 Å². The monoisotopic (exact) mass is 465 g/mol. The summed E-state index contributed by atoms with van der Waals surface area (Å²) in [6.07, 6.45) is 3.43. The molecule has 2 N–H and O–H groups in total. The van der Waals surface area contributed by atoms with Crippen molar-refractivity contribution < 1.29 is 17.9 Å². The standard InChI is InChI=1S/C23H23N5O4S/c1-4-22(29)24-17-8-5-15(6-9-17)16-7-12-21-26-23(27-28(21)14-16)25-19-11-10-18(33(3,30)31)13-20(19)32-2/h5-14H,4H2,1-3H3,(H,24,29)(H,25,27). The van der Waals surface area contributed by atoms with Gasteiger partial charge in [0, 0.05) is 36.2 Å². The molecule has 0 aliphatic rings. The fourth-order valence-electron chi connectivity index (χ4n) is 3.23. The number of benzene rings is 2. The highest BCUT2D eigenvalue weighted by Crippen LogP contribution is 2.30. The van der Waals surface area contributed by atoms with E-state index >= 15 is 0 Å². The van der Waals surface area contributed by atoms with Crippen LogP contribution in [-0.4, -0.2) is 42.3 Å². The number of sulfone groups is 1. The third kappa shape index (κ3) is 4.96. The Kier molecular flexibility index (Phi) is 6.01. The van der Waals surface area contributed by atoms with E-state index in [4.69, 9.17) is 4.74 Å². The van der Waals surface area contributed by atoms with Crippen molar-refractivity contribution in [3.8, 4) is 16.9 Å². The average Bonchev–Trinajstić information content (AvgIpc) is 3.20. The Morgan fingerprint density at radius 3 is 2.45 bits per heavy atom. The molecule has 2 heterocycles. The molecule has 170 valence electrons. The smallest absolute Gasteiger partial charge is 0.247 e. The van der Waals surface area contributed by atoms with E-state index in [1.165, 1.54) is 19.2 Å². The van der Waals surface area contributed by atoms with Crippen molar-refractivity contribution in [2.24, 2.45) is 0 Å². The van der Waals surface area contributed by atoms with Crippen LogP contribution in [0.1, 0.15) is 13.3 Å². The molecule has 0 unspecified atom stereocenters. The van der Waals surface area contributed by atoms with E-state index in [9.17, 15) is 13.2 Å². The highest BCUT2D eigenvalue weighted by molar-refractivity contribution is 7.90. The molecule has 4 rings (SSSR count). The Hall–Kier alpha value is -3.92. The number of amides is 1. The van der Waals surface area contributed by atoms with E-state index in [0.717, 1.165) is 23.1 Å². The summed E-state index contributed by atoms with van der Waals surface area (Å²) in [5.41, 5.74) is 3.83. The minimum Gasteiger partial charge on any atom is -0.495 e. The van der Waals surface area contributed by atoms with Crippen LogP contribution < -0.4 is 15.4 Å². The predicted octanol–water partition coefficient (Wildman–Crippen LogP) is 3.90. The van der Waals surface area contributed by atoms with Crippen molar-refractivity contribution in [2.75, 3.05) is 24.0 Å². The molecule has 2 aromatic heterocycles. The largest absolute Gasteiger partial charge is 0.495 e. The molecular weight excluding hydrogens is 442 g/mol. The summed E-state index contributed by atoms with van der Waals surface area (Å²) in [5, 5.41) is 10.4. The van der Waals surface area contributed by atoms with Gasteiger partial charge in [0.1, 0.15) is 5.75 Å². The molecule has 0 radical (unpaired) electrons. The van der Waals surface area contributed by atoms with E-state index in [0.29, 0.717) is 29.5 Å². The molecule has 0 saturated heterocycles. The summed E-state index contributed by atoms with van der Waals surface area (Å²) in [5.74, 6) is 0.678. The summed E-state index contributed by atoms with van der Waals surface area (Å²) in [4.78, 5) is 16.2. The first kappa shape index (κ1) is 22.3. The van der Waals surface area contributed by atoms with Gasteiger partial charge in [-0.15, -0.1) is 5.10 Å². The Morgan fingerprint density at radius 1 is 1.06 bits per heavy atom. The number of ether oxygens (including phenoxy) is 1. The summed E-state index contributed by atoms with van der Waals surface area (Å²) in [6, 6.07) is 15.9. The van der Waals surface area contributed by atoms with Crippen molar-refractivity contribution in [2.45, 2.75) is 18.2 Å². The van der Waals surface area contributed by atoms with Gasteiger partial charge < -0.3 is 15.4 Å². The topological polar surface area (TPSA) is 115 Å². The van der Waals surface area contributed by atoms with Crippen LogP contribution in [0.15, 0.2) is 65.7 Å². The fourth-order valence-corrected chi connectivity index (χ4v) is 3.86. The third-order valence-electron chi connectivity index (χ3n) is 5.00. The molecule has 0 spiro atoms. The molecule has 0 aliphatic heterocycles. The molecule has 0 bridgehead atoms. The van der Waals surface area contributed by atoms with Crippen molar-refractivity contribution in [3.63, 3.8) is 0 Å². The quantitative estimate of drug-likeness (QED) is 0.425. The van der Waals surface area contributed by atoms with Crippen LogP contribution in [0.2, 0.25) is 0 Å². The second-order valence-electron chi connectivity index (χ2n) is 7.39. The van der Waals surface area contributed by atoms with Crippen LogP contribution in [-0.2, 0) is 14.6 Å². The summed E-state index contributed by atoms with van der Waals surface area (Å²) < 4.78 is 30.6. The lowest BCUT2D eigenvalue weighted by Crippen LogP contribution is -2.08.